The van der Waals surface area contributed by atoms with Crippen LogP contribution in [0.1, 0.15) is 46.2 Å². The van der Waals surface area contributed by atoms with E-state index >= 15 is 0 Å². The normalized spacial score (nSPS) is 16.1. The van der Waals surface area contributed by atoms with E-state index in [-0.39, 0.29) is 0 Å². The average Bonchev–Trinajstić information content (AvgIpc) is 3.07. The van der Waals surface area contributed by atoms with E-state index in [9.17, 15) is 0 Å². The molecule has 0 aliphatic heterocycles. The van der Waals surface area contributed by atoms with Crippen molar-refractivity contribution in [2.45, 2.75) is 44.9 Å². The second-order valence-corrected chi connectivity index (χ2v) is 8.02. The third-order valence-electron chi connectivity index (χ3n) is 4.90. The van der Waals surface area contributed by atoms with Gasteiger partial charge in [-0.05, 0) is 90.5 Å². The van der Waals surface area contributed by atoms with E-state index in [4.69, 9.17) is 0 Å². The number of hydrogen-bond donors (Lipinski definition) is 0. The minimum absolute atomic E-state index is 1.02. The molecule has 108 valence electrons. The van der Waals surface area contributed by atoms with Crippen LogP contribution in [0.15, 0.2) is 33.2 Å². The van der Waals surface area contributed by atoms with E-state index in [1.54, 1.807) is 22.3 Å². The maximum Gasteiger partial charge on any atom is 0.0213 e. The molecule has 0 heterocycles. The van der Waals surface area contributed by atoms with Crippen LogP contribution >= 0.6 is 31.9 Å². The molecule has 2 aliphatic carbocycles. The second-order valence-electron chi connectivity index (χ2n) is 6.31. The van der Waals surface area contributed by atoms with Crippen LogP contribution in [0.5, 0.6) is 0 Å². The van der Waals surface area contributed by atoms with Crippen molar-refractivity contribution in [2.75, 3.05) is 0 Å². The van der Waals surface area contributed by atoms with Gasteiger partial charge in [-0.1, -0.05) is 44.0 Å². The van der Waals surface area contributed by atoms with Crippen LogP contribution in [0.4, 0.5) is 0 Å². The minimum Gasteiger partial charge on any atom is -0.0541 e. The van der Waals surface area contributed by atoms with E-state index in [1.165, 1.54) is 58.6 Å². The van der Waals surface area contributed by atoms with Crippen molar-refractivity contribution in [1.82, 2.24) is 0 Å². The summed E-state index contributed by atoms with van der Waals surface area (Å²) in [5.41, 5.74) is 9.05. The van der Waals surface area contributed by atoms with E-state index < -0.39 is 0 Å². The van der Waals surface area contributed by atoms with Crippen molar-refractivity contribution in [1.29, 1.82) is 0 Å². The summed E-state index contributed by atoms with van der Waals surface area (Å²) in [6, 6.07) is 9.54. The van der Waals surface area contributed by atoms with Crippen LogP contribution in [-0.2, 0) is 32.1 Å². The van der Waals surface area contributed by atoms with Crippen LogP contribution in [0.25, 0.3) is 0 Å². The van der Waals surface area contributed by atoms with Crippen LogP contribution in [0.2, 0.25) is 0 Å². The fourth-order valence-corrected chi connectivity index (χ4v) is 4.83. The number of hydrogen-bond acceptors (Lipinski definition) is 0. The Labute approximate surface area is 143 Å². The Balaban J connectivity index is 1.70. The van der Waals surface area contributed by atoms with Crippen LogP contribution in [0, 0.1) is 0 Å². The molecule has 0 fully saturated rings. The molecule has 0 amide bonds. The number of rotatable bonds is 2. The Morgan fingerprint density at radius 2 is 1.00 bits per heavy atom. The first-order chi connectivity index (χ1) is 10.2. The highest BCUT2D eigenvalue weighted by Gasteiger charge is 2.17. The van der Waals surface area contributed by atoms with Gasteiger partial charge < -0.3 is 0 Å². The molecule has 0 bridgehead atoms. The highest BCUT2D eigenvalue weighted by atomic mass is 79.9. The monoisotopic (exact) mass is 404 g/mol. The zero-order valence-corrected chi connectivity index (χ0v) is 15.2. The van der Waals surface area contributed by atoms with Gasteiger partial charge in [-0.3, -0.25) is 0 Å². The van der Waals surface area contributed by atoms with Crippen molar-refractivity contribution in [3.63, 3.8) is 0 Å². The molecule has 0 saturated carbocycles. The molecule has 0 unspecified atom stereocenters. The fourth-order valence-electron chi connectivity index (χ4n) is 3.77. The first kappa shape index (κ1) is 14.0. The standard InChI is InChI=1S/C19H18Br2/c20-18-10-14-5-1-3-12(14)7-16(18)9-17-8-13-4-2-6-15(13)11-19(17)21/h7-8,10-11H,1-6,9H2. The lowest BCUT2D eigenvalue weighted by atomic mass is 9.98. The largest absolute Gasteiger partial charge is 0.0541 e. The van der Waals surface area contributed by atoms with Crippen molar-refractivity contribution in [2.24, 2.45) is 0 Å². The van der Waals surface area contributed by atoms with Crippen molar-refractivity contribution >= 4 is 31.9 Å². The van der Waals surface area contributed by atoms with Gasteiger partial charge in [-0.15, -0.1) is 0 Å². The predicted octanol–water partition coefficient (Wildman–Crippen LogP) is 5.78. The highest BCUT2D eigenvalue weighted by molar-refractivity contribution is 9.10. The van der Waals surface area contributed by atoms with Crippen LogP contribution < -0.4 is 0 Å². The number of aryl methyl sites for hydroxylation is 4. The van der Waals surface area contributed by atoms with E-state index in [2.05, 4.69) is 56.1 Å². The SMILES string of the molecule is Brc1cc2c(cc1Cc1cc3c(cc1Br)CCC3)CCC2. The van der Waals surface area contributed by atoms with Gasteiger partial charge in [0, 0.05) is 8.95 Å². The number of halogens is 2. The zero-order valence-electron chi connectivity index (χ0n) is 12.0. The lowest BCUT2D eigenvalue weighted by Crippen LogP contribution is -1.96. The summed E-state index contributed by atoms with van der Waals surface area (Å²) in [4.78, 5) is 0. The molecule has 0 atom stereocenters. The van der Waals surface area contributed by atoms with Crippen molar-refractivity contribution in [3.05, 3.63) is 66.6 Å². The molecule has 0 aromatic heterocycles. The fraction of sp³-hybridized carbons (Fsp3) is 0.368. The van der Waals surface area contributed by atoms with Crippen LogP contribution in [0.3, 0.4) is 0 Å². The molecule has 21 heavy (non-hydrogen) atoms. The summed E-state index contributed by atoms with van der Waals surface area (Å²) in [6.45, 7) is 0. The number of benzene rings is 2. The van der Waals surface area contributed by atoms with Crippen molar-refractivity contribution in [3.8, 4) is 0 Å². The van der Waals surface area contributed by atoms with Gasteiger partial charge in [0.1, 0.15) is 0 Å². The molecular weight excluding hydrogens is 388 g/mol. The molecule has 4 rings (SSSR count). The summed E-state index contributed by atoms with van der Waals surface area (Å²) < 4.78 is 2.55. The van der Waals surface area contributed by atoms with E-state index in [0.29, 0.717) is 0 Å². The Bertz CT molecular complexity index is 654. The molecule has 0 nitrogen and oxygen atoms in total. The van der Waals surface area contributed by atoms with Gasteiger partial charge in [-0.2, -0.15) is 0 Å². The molecule has 2 aromatic rings. The van der Waals surface area contributed by atoms with E-state index in [0.717, 1.165) is 6.42 Å². The molecule has 2 aromatic carbocycles. The van der Waals surface area contributed by atoms with Crippen molar-refractivity contribution < 1.29 is 0 Å². The van der Waals surface area contributed by atoms with Gasteiger partial charge in [0.2, 0.25) is 0 Å². The van der Waals surface area contributed by atoms with Crippen LogP contribution in [-0.4, -0.2) is 0 Å². The maximum atomic E-state index is 3.78. The Hall–Kier alpha value is -0.600. The molecule has 0 spiro atoms. The van der Waals surface area contributed by atoms with Gasteiger partial charge in [-0.25, -0.2) is 0 Å². The first-order valence-corrected chi connectivity index (χ1v) is 9.39. The topological polar surface area (TPSA) is 0 Å². The molecule has 2 heteroatoms. The number of fused-ring (bicyclic) bond motifs is 2. The Kier molecular flexibility index (Phi) is 3.71. The summed E-state index contributed by atoms with van der Waals surface area (Å²) in [7, 11) is 0. The Morgan fingerprint density at radius 1 is 0.619 bits per heavy atom. The van der Waals surface area contributed by atoms with E-state index in [1.807, 2.05) is 0 Å². The first-order valence-electron chi connectivity index (χ1n) is 7.81. The lowest BCUT2D eigenvalue weighted by Gasteiger charge is -2.12. The van der Waals surface area contributed by atoms with Gasteiger partial charge in [0.05, 0.1) is 0 Å². The third-order valence-corrected chi connectivity index (χ3v) is 6.38. The third kappa shape index (κ3) is 2.61. The molecule has 2 aliphatic rings. The smallest absolute Gasteiger partial charge is 0.0213 e. The summed E-state index contributed by atoms with van der Waals surface area (Å²) in [5.74, 6) is 0. The second kappa shape index (κ2) is 5.55. The molecule has 0 N–H and O–H groups in total. The van der Waals surface area contributed by atoms with Gasteiger partial charge in [0.25, 0.3) is 0 Å². The zero-order chi connectivity index (χ0) is 14.4. The predicted molar refractivity (Wildman–Crippen MR) is 95.1 cm³/mol. The lowest BCUT2D eigenvalue weighted by molar-refractivity contribution is 0.911. The molecular formula is C19H18Br2. The summed E-state index contributed by atoms with van der Waals surface area (Å²) in [5, 5.41) is 0. The average molecular weight is 406 g/mol. The Morgan fingerprint density at radius 3 is 1.43 bits per heavy atom. The van der Waals surface area contributed by atoms with Gasteiger partial charge in [0.15, 0.2) is 0 Å². The summed E-state index contributed by atoms with van der Waals surface area (Å²) >= 11 is 7.56. The molecule has 0 saturated heterocycles. The summed E-state index contributed by atoms with van der Waals surface area (Å²) in [6.07, 6.45) is 8.64. The molecule has 0 radical (unpaired) electrons. The highest BCUT2D eigenvalue weighted by Crippen LogP contribution is 2.33. The maximum absolute atomic E-state index is 3.78. The minimum atomic E-state index is 1.02. The van der Waals surface area contributed by atoms with Gasteiger partial charge >= 0.3 is 0 Å². The quantitative estimate of drug-likeness (QED) is 0.593.